The van der Waals surface area contributed by atoms with Crippen LogP contribution in [0.5, 0.6) is 0 Å². The van der Waals surface area contributed by atoms with E-state index in [-0.39, 0.29) is 23.8 Å². The molecule has 0 saturated carbocycles. The molecular weight excluding hydrogens is 445 g/mol. The number of hydrogen-bond donors (Lipinski definition) is 2. The second-order valence-corrected chi connectivity index (χ2v) is 9.96. The van der Waals surface area contributed by atoms with Gasteiger partial charge in [0.1, 0.15) is 5.82 Å². The zero-order chi connectivity index (χ0) is 24.8. The molecule has 0 spiro atoms. The molecule has 0 aromatic heterocycles. The highest BCUT2D eigenvalue weighted by molar-refractivity contribution is 5.75. The third-order valence-electron chi connectivity index (χ3n) is 7.58. The molecule has 2 heterocycles. The van der Waals surface area contributed by atoms with Crippen LogP contribution in [0.3, 0.4) is 0 Å². The Hall–Kier alpha value is -2.48. The fourth-order valence-corrected chi connectivity index (χ4v) is 5.68. The maximum atomic E-state index is 14.8. The van der Waals surface area contributed by atoms with Crippen LogP contribution in [0, 0.1) is 11.7 Å². The highest BCUT2D eigenvalue weighted by Crippen LogP contribution is 2.44. The van der Waals surface area contributed by atoms with Gasteiger partial charge in [-0.3, -0.25) is 0 Å². The zero-order valence-corrected chi connectivity index (χ0v) is 20.7. The van der Waals surface area contributed by atoms with Gasteiger partial charge in [0.25, 0.3) is 0 Å². The lowest BCUT2D eigenvalue weighted by molar-refractivity contribution is -0.0571. The number of rotatable bonds is 8. The van der Waals surface area contributed by atoms with Gasteiger partial charge in [0.2, 0.25) is 0 Å². The Kier molecular flexibility index (Phi) is 8.42. The van der Waals surface area contributed by atoms with Gasteiger partial charge in [-0.25, -0.2) is 9.18 Å². The summed E-state index contributed by atoms with van der Waals surface area (Å²) in [5.74, 6) is -0.473. The van der Waals surface area contributed by atoms with Crippen LogP contribution in [-0.4, -0.2) is 66.9 Å². The van der Waals surface area contributed by atoms with Crippen LogP contribution in [0.2, 0.25) is 0 Å². The van der Waals surface area contributed by atoms with Crippen LogP contribution in [-0.2, 0) is 10.3 Å². The molecule has 3 N–H and O–H groups in total. The molecular formula is C28H38FN3O3. The van der Waals surface area contributed by atoms with Gasteiger partial charge >= 0.3 is 6.03 Å². The van der Waals surface area contributed by atoms with Crippen molar-refractivity contribution in [2.24, 2.45) is 11.7 Å². The Bertz CT molecular complexity index is 1000. The number of aliphatic hydroxyl groups is 1. The summed E-state index contributed by atoms with van der Waals surface area (Å²) in [6, 6.07) is 14.3. The number of unbranched alkanes of at least 4 members (excludes halogenated alkanes) is 1. The predicted molar refractivity (Wildman–Crippen MR) is 135 cm³/mol. The Labute approximate surface area is 207 Å². The highest BCUT2D eigenvalue weighted by atomic mass is 19.1. The number of hydrogen-bond acceptors (Lipinski definition) is 4. The first-order chi connectivity index (χ1) is 16.9. The van der Waals surface area contributed by atoms with Gasteiger partial charge in [-0.05, 0) is 55.7 Å². The molecule has 2 aliphatic heterocycles. The fraction of sp³-hybridized carbons (Fsp3) is 0.536. The zero-order valence-electron chi connectivity index (χ0n) is 20.7. The van der Waals surface area contributed by atoms with Crippen molar-refractivity contribution in [3.8, 4) is 11.1 Å². The quantitative estimate of drug-likeness (QED) is 0.547. The van der Waals surface area contributed by atoms with Crippen LogP contribution in [0.15, 0.2) is 48.5 Å². The lowest BCUT2D eigenvalue weighted by Gasteiger charge is -2.44. The maximum Gasteiger partial charge on any atom is 0.320 e. The summed E-state index contributed by atoms with van der Waals surface area (Å²) in [7, 11) is 1.68. The first kappa shape index (κ1) is 25.6. The monoisotopic (exact) mass is 483 g/mol. The van der Waals surface area contributed by atoms with Crippen molar-refractivity contribution in [1.82, 2.24) is 9.80 Å². The first-order valence-electron chi connectivity index (χ1n) is 12.8. The summed E-state index contributed by atoms with van der Waals surface area (Å²) in [6.07, 6.45) is 4.54. The van der Waals surface area contributed by atoms with Gasteiger partial charge < -0.3 is 25.4 Å². The molecule has 0 unspecified atom stereocenters. The number of carbonyl (C=O) groups is 1. The van der Waals surface area contributed by atoms with E-state index in [1.54, 1.807) is 19.2 Å². The molecule has 35 heavy (non-hydrogen) atoms. The third kappa shape index (κ3) is 5.68. The minimum absolute atomic E-state index is 0.00627. The largest absolute Gasteiger partial charge is 0.385 e. The summed E-state index contributed by atoms with van der Waals surface area (Å²) in [4.78, 5) is 16.9. The fourth-order valence-electron chi connectivity index (χ4n) is 5.68. The van der Waals surface area contributed by atoms with Gasteiger partial charge in [-0.1, -0.05) is 42.5 Å². The Morgan fingerprint density at radius 2 is 1.77 bits per heavy atom. The van der Waals surface area contributed by atoms with E-state index in [2.05, 4.69) is 0 Å². The number of nitrogens with two attached hydrogens (primary N) is 1. The van der Waals surface area contributed by atoms with Crippen molar-refractivity contribution in [2.45, 2.75) is 50.2 Å². The van der Waals surface area contributed by atoms with E-state index in [1.807, 2.05) is 40.1 Å². The van der Waals surface area contributed by atoms with E-state index in [4.69, 9.17) is 10.5 Å². The molecule has 2 saturated heterocycles. The van der Waals surface area contributed by atoms with E-state index in [1.165, 1.54) is 6.07 Å². The van der Waals surface area contributed by atoms with E-state index < -0.39 is 5.60 Å². The molecule has 6 nitrogen and oxygen atoms in total. The minimum atomic E-state index is -1.20. The molecule has 2 aliphatic rings. The summed E-state index contributed by atoms with van der Waals surface area (Å²) < 4.78 is 20.1. The van der Waals surface area contributed by atoms with Gasteiger partial charge in [-0.2, -0.15) is 0 Å². The molecule has 190 valence electrons. The first-order valence-corrected chi connectivity index (χ1v) is 12.8. The molecule has 0 radical (unpaired) electrons. The number of ether oxygens (including phenoxy) is 1. The third-order valence-corrected chi connectivity index (χ3v) is 7.58. The topological polar surface area (TPSA) is 79.0 Å². The SMILES string of the molecule is COCCCC[C@@](O)(c1ccccc1-c1ccccc1F)[C@@H]1CCCN(C(=O)N2CC[C@H](N)C2)C1. The molecule has 3 atom stereocenters. The van der Waals surface area contributed by atoms with E-state index in [9.17, 15) is 14.3 Å². The van der Waals surface area contributed by atoms with Gasteiger partial charge in [-0.15, -0.1) is 0 Å². The molecule has 4 rings (SSSR count). The number of urea groups is 1. The average molecular weight is 484 g/mol. The molecule has 0 bridgehead atoms. The number of amides is 2. The molecule has 7 heteroatoms. The second kappa shape index (κ2) is 11.5. The molecule has 2 fully saturated rings. The van der Waals surface area contributed by atoms with Crippen molar-refractivity contribution in [3.05, 3.63) is 59.9 Å². The number of likely N-dealkylation sites (tertiary alicyclic amines) is 2. The highest BCUT2D eigenvalue weighted by Gasteiger charge is 2.43. The standard InChI is InChI=1S/C28H38FN3O3/c1-35-18-7-6-15-28(34,25-12-4-2-10-23(25)24-11-3-5-13-26(24)29)21-9-8-16-31(19-21)27(33)32-17-14-22(30)20-32/h2-5,10-13,21-22,34H,6-9,14-20,30H2,1H3/t21-,22+,28+/m1/s1. The summed E-state index contributed by atoms with van der Waals surface area (Å²) in [5.41, 5.74) is 6.74. The van der Waals surface area contributed by atoms with Crippen LogP contribution in [0.4, 0.5) is 9.18 Å². The normalized spacial score (nSPS) is 22.3. The molecule has 0 aliphatic carbocycles. The number of halogens is 1. The number of piperidine rings is 1. The van der Waals surface area contributed by atoms with Gasteiger partial charge in [0, 0.05) is 57.4 Å². The van der Waals surface area contributed by atoms with Crippen LogP contribution >= 0.6 is 0 Å². The lowest BCUT2D eigenvalue weighted by atomic mass is 9.72. The van der Waals surface area contributed by atoms with Gasteiger partial charge in [0.15, 0.2) is 0 Å². The smallest absolute Gasteiger partial charge is 0.320 e. The maximum absolute atomic E-state index is 14.8. The summed E-state index contributed by atoms with van der Waals surface area (Å²) in [5, 5.41) is 12.4. The number of methoxy groups -OCH3 is 1. The predicted octanol–water partition coefficient (Wildman–Crippen LogP) is 4.36. The molecule has 2 aromatic rings. The van der Waals surface area contributed by atoms with E-state index in [0.29, 0.717) is 50.3 Å². The van der Waals surface area contributed by atoms with Gasteiger partial charge in [0.05, 0.1) is 5.60 Å². The second-order valence-electron chi connectivity index (χ2n) is 9.96. The number of carbonyl (C=O) groups excluding carboxylic acids is 1. The van der Waals surface area contributed by atoms with E-state index >= 15 is 0 Å². The summed E-state index contributed by atoms with van der Waals surface area (Å²) in [6.45, 7) is 3.03. The van der Waals surface area contributed by atoms with Crippen molar-refractivity contribution in [3.63, 3.8) is 0 Å². The number of benzene rings is 2. The molecule has 2 amide bonds. The van der Waals surface area contributed by atoms with Crippen molar-refractivity contribution >= 4 is 6.03 Å². The minimum Gasteiger partial charge on any atom is -0.385 e. The summed E-state index contributed by atoms with van der Waals surface area (Å²) >= 11 is 0. The number of nitrogens with zero attached hydrogens (tertiary/aromatic N) is 2. The van der Waals surface area contributed by atoms with E-state index in [0.717, 1.165) is 37.7 Å². The van der Waals surface area contributed by atoms with Crippen LogP contribution in [0.25, 0.3) is 11.1 Å². The average Bonchev–Trinajstić information content (AvgIpc) is 3.32. The Balaban J connectivity index is 1.65. The molecule has 2 aromatic carbocycles. The van der Waals surface area contributed by atoms with Crippen LogP contribution < -0.4 is 5.73 Å². The van der Waals surface area contributed by atoms with Crippen molar-refractivity contribution < 1.29 is 19.0 Å². The lowest BCUT2D eigenvalue weighted by Crippen LogP contribution is -2.51. The van der Waals surface area contributed by atoms with Crippen molar-refractivity contribution in [2.75, 3.05) is 39.9 Å². The Morgan fingerprint density at radius 3 is 2.49 bits per heavy atom. The van der Waals surface area contributed by atoms with Crippen molar-refractivity contribution in [1.29, 1.82) is 0 Å². The Morgan fingerprint density at radius 1 is 1.06 bits per heavy atom. The van der Waals surface area contributed by atoms with Crippen LogP contribution in [0.1, 0.15) is 44.1 Å².